The zero-order valence-corrected chi connectivity index (χ0v) is 15.8. The Morgan fingerprint density at radius 2 is 1.96 bits per heavy atom. The molecule has 2 heterocycles. The van der Waals surface area contributed by atoms with Crippen molar-refractivity contribution in [2.75, 3.05) is 19.8 Å². The average molecular weight is 337 g/mol. The summed E-state index contributed by atoms with van der Waals surface area (Å²) in [6.07, 6.45) is 2.16. The molecule has 3 rings (SSSR count). The van der Waals surface area contributed by atoms with Crippen LogP contribution in [0.5, 0.6) is 0 Å². The van der Waals surface area contributed by atoms with Gasteiger partial charge >= 0.3 is 0 Å². The minimum atomic E-state index is -0.131. The summed E-state index contributed by atoms with van der Waals surface area (Å²) in [7, 11) is 0. The fraction of sp³-hybridized carbons (Fsp3) is 0.700. The molecule has 128 valence electrons. The minimum absolute atomic E-state index is 0.0320. The van der Waals surface area contributed by atoms with Crippen LogP contribution in [0.1, 0.15) is 52.2 Å². The van der Waals surface area contributed by atoms with Gasteiger partial charge in [0.2, 0.25) is 0 Å². The highest BCUT2D eigenvalue weighted by Gasteiger charge is 2.58. The van der Waals surface area contributed by atoms with Gasteiger partial charge in [-0.2, -0.15) is 0 Å². The van der Waals surface area contributed by atoms with Crippen molar-refractivity contribution in [2.45, 2.75) is 58.5 Å². The average Bonchev–Trinajstić information content (AvgIpc) is 2.98. The van der Waals surface area contributed by atoms with Crippen LogP contribution >= 0.6 is 11.6 Å². The summed E-state index contributed by atoms with van der Waals surface area (Å²) in [5.41, 5.74) is 2.68. The summed E-state index contributed by atoms with van der Waals surface area (Å²) in [5.74, 6) is 0.395. The molecule has 23 heavy (non-hydrogen) atoms. The first-order valence-electron chi connectivity index (χ1n) is 8.65. The first-order chi connectivity index (χ1) is 10.6. The van der Waals surface area contributed by atoms with E-state index < -0.39 is 0 Å². The van der Waals surface area contributed by atoms with Gasteiger partial charge in [0, 0.05) is 16.4 Å². The first-order valence-corrected chi connectivity index (χ1v) is 9.02. The fourth-order valence-corrected chi connectivity index (χ4v) is 4.26. The largest absolute Gasteiger partial charge is 0.380 e. The van der Waals surface area contributed by atoms with Crippen LogP contribution in [0.3, 0.4) is 0 Å². The quantitative estimate of drug-likeness (QED) is 0.772. The molecular weight excluding hydrogens is 308 g/mol. The number of hydrogen-bond donors (Lipinski definition) is 0. The molecule has 2 saturated heterocycles. The molecule has 0 aliphatic carbocycles. The predicted molar refractivity (Wildman–Crippen MR) is 95.2 cm³/mol. The molecule has 2 nitrogen and oxygen atoms in total. The molecule has 0 saturated carbocycles. The lowest BCUT2D eigenvalue weighted by atomic mass is 9.69. The molecule has 1 aromatic carbocycles. The lowest BCUT2D eigenvalue weighted by Gasteiger charge is -2.30. The number of ether oxygens (including phenoxy) is 2. The third-order valence-corrected chi connectivity index (χ3v) is 5.98. The van der Waals surface area contributed by atoms with Crippen LogP contribution in [-0.2, 0) is 21.3 Å². The predicted octanol–water partition coefficient (Wildman–Crippen LogP) is 5.01. The van der Waals surface area contributed by atoms with Gasteiger partial charge in [0.1, 0.15) is 0 Å². The molecule has 0 aromatic heterocycles. The minimum Gasteiger partial charge on any atom is -0.380 e. The fourth-order valence-electron chi connectivity index (χ4n) is 3.98. The summed E-state index contributed by atoms with van der Waals surface area (Å²) in [4.78, 5) is 0. The lowest BCUT2D eigenvalue weighted by molar-refractivity contribution is -0.0123. The summed E-state index contributed by atoms with van der Waals surface area (Å²) >= 11 is 6.61. The molecule has 0 bridgehead atoms. The van der Waals surface area contributed by atoms with E-state index >= 15 is 0 Å². The van der Waals surface area contributed by atoms with E-state index in [1.54, 1.807) is 0 Å². The number of hydrogen-bond acceptors (Lipinski definition) is 2. The van der Waals surface area contributed by atoms with Gasteiger partial charge in [-0.15, -0.1) is 0 Å². The van der Waals surface area contributed by atoms with Crippen LogP contribution in [0.15, 0.2) is 18.2 Å². The number of halogens is 1. The van der Waals surface area contributed by atoms with Crippen molar-refractivity contribution >= 4 is 11.6 Å². The Morgan fingerprint density at radius 1 is 1.22 bits per heavy atom. The van der Waals surface area contributed by atoms with Crippen LogP contribution in [0.25, 0.3) is 0 Å². The maximum absolute atomic E-state index is 6.61. The summed E-state index contributed by atoms with van der Waals surface area (Å²) < 4.78 is 11.9. The second-order valence-corrected chi connectivity index (χ2v) is 9.39. The van der Waals surface area contributed by atoms with Gasteiger partial charge < -0.3 is 9.47 Å². The van der Waals surface area contributed by atoms with E-state index in [0.29, 0.717) is 11.3 Å². The van der Waals surface area contributed by atoms with Crippen molar-refractivity contribution in [3.63, 3.8) is 0 Å². The molecule has 0 amide bonds. The highest BCUT2D eigenvalue weighted by molar-refractivity contribution is 6.31. The maximum Gasteiger partial charge on any atom is 0.0687 e. The molecule has 2 aliphatic rings. The Hall–Kier alpha value is -0.570. The van der Waals surface area contributed by atoms with Gasteiger partial charge in [-0.25, -0.2) is 0 Å². The SMILES string of the molecule is CC(C)(C)CCc1ccc(C23COCC2C(C)(C)OC3)cc1Cl. The van der Waals surface area contributed by atoms with Crippen LogP contribution in [-0.4, -0.2) is 25.4 Å². The number of rotatable bonds is 3. The summed E-state index contributed by atoms with van der Waals surface area (Å²) in [5, 5.41) is 0.886. The molecule has 2 atom stereocenters. The smallest absolute Gasteiger partial charge is 0.0687 e. The van der Waals surface area contributed by atoms with Crippen LogP contribution in [0.2, 0.25) is 5.02 Å². The highest BCUT2D eigenvalue weighted by Crippen LogP contribution is 2.51. The molecule has 0 N–H and O–H groups in total. The van der Waals surface area contributed by atoms with Crippen molar-refractivity contribution in [2.24, 2.45) is 11.3 Å². The van der Waals surface area contributed by atoms with Crippen LogP contribution in [0.4, 0.5) is 0 Å². The van der Waals surface area contributed by atoms with E-state index in [4.69, 9.17) is 21.1 Å². The van der Waals surface area contributed by atoms with Crippen LogP contribution in [0, 0.1) is 11.3 Å². The summed E-state index contributed by atoms with van der Waals surface area (Å²) in [6, 6.07) is 6.61. The molecule has 0 spiro atoms. The molecule has 2 fully saturated rings. The second-order valence-electron chi connectivity index (χ2n) is 8.98. The molecular formula is C20H29ClO2. The van der Waals surface area contributed by atoms with Gasteiger partial charge in [-0.3, -0.25) is 0 Å². The number of fused-ring (bicyclic) bond motifs is 1. The van der Waals surface area contributed by atoms with Crippen molar-refractivity contribution in [3.05, 3.63) is 34.3 Å². The monoisotopic (exact) mass is 336 g/mol. The zero-order chi connectivity index (χ0) is 16.9. The third-order valence-electron chi connectivity index (χ3n) is 5.62. The van der Waals surface area contributed by atoms with Crippen LogP contribution < -0.4 is 0 Å². The highest BCUT2D eigenvalue weighted by atomic mass is 35.5. The third kappa shape index (κ3) is 3.18. The van der Waals surface area contributed by atoms with E-state index in [0.717, 1.165) is 37.7 Å². The van der Waals surface area contributed by atoms with E-state index in [2.05, 4.69) is 52.8 Å². The number of aryl methyl sites for hydroxylation is 1. The Balaban J connectivity index is 1.86. The van der Waals surface area contributed by atoms with Crippen molar-refractivity contribution in [1.82, 2.24) is 0 Å². The number of benzene rings is 1. The standard InChI is InChI=1S/C20H29ClO2/c1-18(2,3)9-8-14-6-7-15(10-16(14)21)20-12-22-11-17(20)19(4,5)23-13-20/h6-7,10,17H,8-9,11-13H2,1-5H3. The molecule has 1 aromatic rings. The van der Waals surface area contributed by atoms with Gasteiger partial charge in [0.25, 0.3) is 0 Å². The first kappa shape index (κ1) is 17.3. The summed E-state index contributed by atoms with van der Waals surface area (Å²) in [6.45, 7) is 13.4. The molecule has 2 aliphatic heterocycles. The van der Waals surface area contributed by atoms with Gasteiger partial charge in [-0.05, 0) is 49.3 Å². The lowest BCUT2D eigenvalue weighted by Crippen LogP contribution is -2.39. The second kappa shape index (κ2) is 5.75. The Kier molecular flexibility index (Phi) is 4.32. The maximum atomic E-state index is 6.61. The Bertz CT molecular complexity index is 588. The molecule has 0 radical (unpaired) electrons. The van der Waals surface area contributed by atoms with E-state index in [9.17, 15) is 0 Å². The van der Waals surface area contributed by atoms with E-state index in [1.165, 1.54) is 11.1 Å². The van der Waals surface area contributed by atoms with E-state index in [-0.39, 0.29) is 11.0 Å². The van der Waals surface area contributed by atoms with Gasteiger partial charge in [0.15, 0.2) is 0 Å². The topological polar surface area (TPSA) is 18.5 Å². The Morgan fingerprint density at radius 3 is 2.61 bits per heavy atom. The van der Waals surface area contributed by atoms with Gasteiger partial charge in [0.05, 0.1) is 25.4 Å². The molecule has 2 unspecified atom stereocenters. The van der Waals surface area contributed by atoms with Crippen molar-refractivity contribution < 1.29 is 9.47 Å². The van der Waals surface area contributed by atoms with Crippen molar-refractivity contribution in [3.8, 4) is 0 Å². The Labute approximate surface area is 145 Å². The van der Waals surface area contributed by atoms with E-state index in [1.807, 2.05) is 0 Å². The van der Waals surface area contributed by atoms with Crippen molar-refractivity contribution in [1.29, 1.82) is 0 Å². The normalized spacial score (nSPS) is 29.7. The molecule has 3 heteroatoms. The zero-order valence-electron chi connectivity index (χ0n) is 15.0. The van der Waals surface area contributed by atoms with Gasteiger partial charge in [-0.1, -0.05) is 44.5 Å².